The Balaban J connectivity index is 2.82. The van der Waals surface area contributed by atoms with Crippen LogP contribution in [0, 0.1) is 11.6 Å². The Kier molecular flexibility index (Phi) is 3.50. The Hall–Kier alpha value is -0.900. The third-order valence-corrected chi connectivity index (χ3v) is 2.00. The molecule has 1 rings (SSSR count). The van der Waals surface area contributed by atoms with E-state index in [1.807, 2.05) is 0 Å². The highest BCUT2D eigenvalue weighted by Gasteiger charge is 2.16. The number of alkyl halides is 1. The van der Waals surface area contributed by atoms with Crippen molar-refractivity contribution in [3.8, 4) is 0 Å². The third kappa shape index (κ3) is 3.63. The maximum atomic E-state index is 13.1. The maximum Gasteiger partial charge on any atom is 0.149 e. The van der Waals surface area contributed by atoms with Crippen molar-refractivity contribution >= 4 is 17.3 Å². The van der Waals surface area contributed by atoms with Crippen molar-refractivity contribution in [1.29, 1.82) is 0 Å². The lowest BCUT2D eigenvalue weighted by Gasteiger charge is -2.16. The fourth-order valence-corrected chi connectivity index (χ4v) is 1.13. The molecular formula is C10H11ClF3N. The van der Waals surface area contributed by atoms with Gasteiger partial charge in [-0.3, -0.25) is 0 Å². The molecule has 0 bridgehead atoms. The predicted octanol–water partition coefficient (Wildman–Crippen LogP) is 3.78. The minimum absolute atomic E-state index is 0.00729. The zero-order valence-corrected chi connectivity index (χ0v) is 9.13. The molecule has 0 aromatic heterocycles. The van der Waals surface area contributed by atoms with Crippen LogP contribution in [0.1, 0.15) is 13.8 Å². The average molecular weight is 238 g/mol. The summed E-state index contributed by atoms with van der Waals surface area (Å²) >= 11 is 5.46. The molecule has 5 heteroatoms. The van der Waals surface area contributed by atoms with Crippen LogP contribution in [-0.2, 0) is 0 Å². The molecule has 0 aliphatic carbocycles. The van der Waals surface area contributed by atoms with Crippen molar-refractivity contribution in [2.24, 2.45) is 0 Å². The van der Waals surface area contributed by atoms with Crippen molar-refractivity contribution in [3.63, 3.8) is 0 Å². The fraction of sp³-hybridized carbons (Fsp3) is 0.400. The van der Waals surface area contributed by atoms with Crippen molar-refractivity contribution in [2.75, 3.05) is 11.9 Å². The number of halogens is 4. The van der Waals surface area contributed by atoms with Crippen molar-refractivity contribution in [3.05, 3.63) is 28.8 Å². The van der Waals surface area contributed by atoms with E-state index in [0.29, 0.717) is 6.07 Å². The van der Waals surface area contributed by atoms with Gasteiger partial charge in [0.05, 0.1) is 10.7 Å². The summed E-state index contributed by atoms with van der Waals surface area (Å²) in [6.45, 7) is 2.62. The Morgan fingerprint density at radius 2 is 1.87 bits per heavy atom. The number of nitrogens with one attached hydrogen (secondary N) is 1. The average Bonchev–Trinajstić information content (AvgIpc) is 2.07. The lowest BCUT2D eigenvalue weighted by Crippen LogP contribution is -2.24. The quantitative estimate of drug-likeness (QED) is 0.789. The fourth-order valence-electron chi connectivity index (χ4n) is 0.963. The van der Waals surface area contributed by atoms with E-state index < -0.39 is 17.3 Å². The number of benzene rings is 1. The molecule has 0 unspecified atom stereocenters. The van der Waals surface area contributed by atoms with Gasteiger partial charge in [0.25, 0.3) is 0 Å². The summed E-state index contributed by atoms with van der Waals surface area (Å²) in [5, 5.41) is 2.32. The summed E-state index contributed by atoms with van der Waals surface area (Å²) in [7, 11) is 0. The minimum Gasteiger partial charge on any atom is -0.379 e. The second-order valence-electron chi connectivity index (χ2n) is 3.82. The molecule has 0 saturated carbocycles. The number of anilines is 1. The molecule has 0 heterocycles. The van der Waals surface area contributed by atoms with E-state index in [0.717, 1.165) is 6.07 Å². The molecule has 0 aliphatic rings. The molecule has 0 saturated heterocycles. The first-order valence-electron chi connectivity index (χ1n) is 4.37. The molecule has 0 radical (unpaired) electrons. The smallest absolute Gasteiger partial charge is 0.149 e. The molecule has 1 N–H and O–H groups in total. The van der Waals surface area contributed by atoms with Crippen molar-refractivity contribution in [2.45, 2.75) is 19.5 Å². The normalized spacial score (nSPS) is 11.6. The van der Waals surface area contributed by atoms with Crippen LogP contribution in [0.2, 0.25) is 5.02 Å². The van der Waals surface area contributed by atoms with Crippen LogP contribution in [0.3, 0.4) is 0 Å². The summed E-state index contributed by atoms with van der Waals surface area (Å²) in [6, 6.07) is 1.76. The molecular weight excluding hydrogens is 227 g/mol. The lowest BCUT2D eigenvalue weighted by molar-refractivity contribution is 0.235. The molecule has 0 atom stereocenters. The van der Waals surface area contributed by atoms with Gasteiger partial charge in [0.1, 0.15) is 17.3 Å². The zero-order valence-electron chi connectivity index (χ0n) is 8.37. The molecule has 1 aromatic carbocycles. The maximum absolute atomic E-state index is 13.1. The van der Waals surface area contributed by atoms with Crippen LogP contribution in [0.4, 0.5) is 18.9 Å². The minimum atomic E-state index is -1.48. The third-order valence-electron chi connectivity index (χ3n) is 1.71. The molecule has 0 fully saturated rings. The van der Waals surface area contributed by atoms with Crippen LogP contribution in [0.25, 0.3) is 0 Å². The first-order chi connectivity index (χ1) is 6.79. The first-order valence-corrected chi connectivity index (χ1v) is 4.75. The predicted molar refractivity (Wildman–Crippen MR) is 55.0 cm³/mol. The highest BCUT2D eigenvalue weighted by atomic mass is 35.5. The Morgan fingerprint density at radius 3 is 2.40 bits per heavy atom. The van der Waals surface area contributed by atoms with Crippen LogP contribution in [-0.4, -0.2) is 12.2 Å². The van der Waals surface area contributed by atoms with Gasteiger partial charge in [0, 0.05) is 12.6 Å². The zero-order chi connectivity index (χ0) is 11.6. The topological polar surface area (TPSA) is 12.0 Å². The van der Waals surface area contributed by atoms with Crippen LogP contribution >= 0.6 is 11.6 Å². The molecule has 84 valence electrons. The van der Waals surface area contributed by atoms with Crippen LogP contribution in [0.5, 0.6) is 0 Å². The van der Waals surface area contributed by atoms with Gasteiger partial charge in [0.2, 0.25) is 0 Å². The summed E-state index contributed by atoms with van der Waals surface area (Å²) in [6.07, 6.45) is 0. The number of rotatable bonds is 3. The summed E-state index contributed by atoms with van der Waals surface area (Å²) < 4.78 is 39.0. The van der Waals surface area contributed by atoms with Gasteiger partial charge >= 0.3 is 0 Å². The van der Waals surface area contributed by atoms with Gasteiger partial charge in [-0.05, 0) is 19.9 Å². The second-order valence-corrected chi connectivity index (χ2v) is 4.23. The van der Waals surface area contributed by atoms with Gasteiger partial charge < -0.3 is 5.32 Å². The van der Waals surface area contributed by atoms with E-state index in [4.69, 9.17) is 11.6 Å². The SMILES string of the molecule is CC(C)(F)CNc1cc(Cl)c(F)cc1F. The van der Waals surface area contributed by atoms with Crippen LogP contribution in [0.15, 0.2) is 12.1 Å². The van der Waals surface area contributed by atoms with Crippen molar-refractivity contribution < 1.29 is 13.2 Å². The van der Waals surface area contributed by atoms with E-state index in [1.54, 1.807) is 0 Å². The van der Waals surface area contributed by atoms with E-state index in [1.165, 1.54) is 13.8 Å². The molecule has 0 amide bonds. The van der Waals surface area contributed by atoms with Crippen LogP contribution < -0.4 is 5.32 Å². The Morgan fingerprint density at radius 1 is 1.27 bits per heavy atom. The molecule has 1 nitrogen and oxygen atoms in total. The molecule has 0 aliphatic heterocycles. The first kappa shape index (κ1) is 12.2. The monoisotopic (exact) mass is 237 g/mol. The van der Waals surface area contributed by atoms with E-state index in [-0.39, 0.29) is 17.3 Å². The molecule has 0 spiro atoms. The molecule has 1 aromatic rings. The van der Waals surface area contributed by atoms with Gasteiger partial charge in [-0.15, -0.1) is 0 Å². The highest BCUT2D eigenvalue weighted by molar-refractivity contribution is 6.31. The number of hydrogen-bond donors (Lipinski definition) is 1. The Labute approximate surface area is 91.2 Å². The lowest BCUT2D eigenvalue weighted by atomic mass is 10.1. The van der Waals surface area contributed by atoms with Crippen molar-refractivity contribution in [1.82, 2.24) is 0 Å². The van der Waals surface area contributed by atoms with Gasteiger partial charge in [0.15, 0.2) is 0 Å². The summed E-state index contributed by atoms with van der Waals surface area (Å²) in [5.74, 6) is -1.62. The summed E-state index contributed by atoms with van der Waals surface area (Å²) in [5.41, 5.74) is -1.49. The standard InChI is InChI=1S/C10H11ClF3N/c1-10(2,14)5-15-9-3-6(11)7(12)4-8(9)13/h3-4,15H,5H2,1-2H3. The number of hydrogen-bond acceptors (Lipinski definition) is 1. The Bertz CT molecular complexity index is 360. The van der Waals surface area contributed by atoms with E-state index in [2.05, 4.69) is 5.32 Å². The summed E-state index contributed by atoms with van der Waals surface area (Å²) in [4.78, 5) is 0. The van der Waals surface area contributed by atoms with Gasteiger partial charge in [-0.1, -0.05) is 11.6 Å². The molecule has 15 heavy (non-hydrogen) atoms. The van der Waals surface area contributed by atoms with Gasteiger partial charge in [-0.2, -0.15) is 0 Å². The van der Waals surface area contributed by atoms with E-state index >= 15 is 0 Å². The second kappa shape index (κ2) is 4.31. The largest absolute Gasteiger partial charge is 0.379 e. The van der Waals surface area contributed by atoms with E-state index in [9.17, 15) is 13.2 Å². The van der Waals surface area contributed by atoms with Gasteiger partial charge in [-0.25, -0.2) is 13.2 Å². The highest BCUT2D eigenvalue weighted by Crippen LogP contribution is 2.23.